The molecule has 0 aliphatic heterocycles. The van der Waals surface area contributed by atoms with E-state index in [4.69, 9.17) is 23.8 Å². The molecule has 4 aromatic heterocycles. The van der Waals surface area contributed by atoms with Crippen molar-refractivity contribution in [3.63, 3.8) is 0 Å². The Morgan fingerprint density at radius 2 is 0.889 bits per heavy atom. The highest BCUT2D eigenvalue weighted by Gasteiger charge is 2.26. The van der Waals surface area contributed by atoms with Crippen LogP contribution in [0, 0.1) is 0 Å². The maximum Gasteiger partial charge on any atom is 0.238 e. The highest BCUT2D eigenvalue weighted by molar-refractivity contribution is 6.41. The van der Waals surface area contributed by atoms with Crippen LogP contribution in [0.1, 0.15) is 0 Å². The van der Waals surface area contributed by atoms with Gasteiger partial charge in [0.15, 0.2) is 11.6 Å². The quantitative estimate of drug-likeness (QED) is 0.209. The molecule has 0 aliphatic rings. The standard InChI is InChI=1S/C39H20N4O2/c1-3-9-21(10-4-1)37-40-38(22-11-5-2-6-12-22)42-39(41-37)43-25-15-7-13-23-24-14-8-16-27-32(24)34-29(44-27)19-20-30-36(34)35-28(45-30)18-17-26(43)33(35)31(23)25/h1-20H. The molecule has 4 heterocycles. The minimum Gasteiger partial charge on any atom is -0.456 e. The number of fused-ring (bicyclic) bond motifs is 1. The predicted molar refractivity (Wildman–Crippen MR) is 179 cm³/mol. The number of hydrogen-bond donors (Lipinski definition) is 0. The number of benzene rings is 6. The van der Waals surface area contributed by atoms with E-state index in [2.05, 4.69) is 53.1 Å². The largest absolute Gasteiger partial charge is 0.456 e. The van der Waals surface area contributed by atoms with Crippen molar-refractivity contribution in [1.29, 1.82) is 0 Å². The lowest BCUT2D eigenvalue weighted by Crippen LogP contribution is -2.06. The summed E-state index contributed by atoms with van der Waals surface area (Å²) in [7, 11) is 0. The van der Waals surface area contributed by atoms with E-state index in [0.717, 1.165) is 87.6 Å². The van der Waals surface area contributed by atoms with Crippen LogP contribution >= 0.6 is 0 Å². The van der Waals surface area contributed by atoms with E-state index in [9.17, 15) is 0 Å². The Balaban J connectivity index is 1.37. The first kappa shape index (κ1) is 23.2. The van der Waals surface area contributed by atoms with E-state index in [0.29, 0.717) is 17.6 Å². The van der Waals surface area contributed by atoms with Gasteiger partial charge in [0, 0.05) is 43.4 Å². The molecular weight excluding hydrogens is 556 g/mol. The van der Waals surface area contributed by atoms with Crippen LogP contribution in [0.2, 0.25) is 0 Å². The Morgan fingerprint density at radius 3 is 1.56 bits per heavy atom. The average Bonchev–Trinajstić information content (AvgIpc) is 3.77. The summed E-state index contributed by atoms with van der Waals surface area (Å²) in [6, 6.07) is 41.3. The van der Waals surface area contributed by atoms with Crippen LogP contribution in [0.3, 0.4) is 0 Å². The van der Waals surface area contributed by atoms with E-state index in [-0.39, 0.29) is 0 Å². The van der Waals surface area contributed by atoms with Crippen LogP contribution in [0.4, 0.5) is 0 Å². The number of aromatic nitrogens is 4. The zero-order valence-corrected chi connectivity index (χ0v) is 23.7. The minimum absolute atomic E-state index is 0.566. The molecule has 7 aromatic carbocycles. The van der Waals surface area contributed by atoms with Crippen LogP contribution < -0.4 is 0 Å². The van der Waals surface area contributed by atoms with Gasteiger partial charge in [0.1, 0.15) is 22.3 Å². The van der Waals surface area contributed by atoms with Crippen molar-refractivity contribution in [2.45, 2.75) is 0 Å². The Labute approximate surface area is 254 Å². The van der Waals surface area contributed by atoms with Gasteiger partial charge in [-0.25, -0.2) is 4.98 Å². The molecule has 0 fully saturated rings. The lowest BCUT2D eigenvalue weighted by molar-refractivity contribution is 0.663. The third kappa shape index (κ3) is 2.95. The van der Waals surface area contributed by atoms with Gasteiger partial charge in [-0.1, -0.05) is 84.9 Å². The first-order valence-corrected chi connectivity index (χ1v) is 15.0. The van der Waals surface area contributed by atoms with Crippen LogP contribution in [-0.2, 0) is 0 Å². The Bertz CT molecular complexity index is 2860. The molecule has 11 rings (SSSR count). The van der Waals surface area contributed by atoms with Gasteiger partial charge in [-0.2, -0.15) is 9.97 Å². The molecular formula is C39H20N4O2. The molecule has 0 saturated carbocycles. The fourth-order valence-corrected chi connectivity index (χ4v) is 7.37. The number of rotatable bonds is 3. The van der Waals surface area contributed by atoms with Crippen molar-refractivity contribution in [3.8, 4) is 28.7 Å². The van der Waals surface area contributed by atoms with Crippen molar-refractivity contribution in [2.24, 2.45) is 0 Å². The van der Waals surface area contributed by atoms with Crippen molar-refractivity contribution in [1.82, 2.24) is 19.5 Å². The normalized spacial score (nSPS) is 12.4. The predicted octanol–water partition coefficient (Wildman–Crippen LogP) is 10.1. The van der Waals surface area contributed by atoms with Gasteiger partial charge in [0.25, 0.3) is 0 Å². The Kier molecular flexibility index (Phi) is 4.24. The third-order valence-electron chi connectivity index (χ3n) is 9.19. The van der Waals surface area contributed by atoms with E-state index in [1.54, 1.807) is 0 Å². The summed E-state index contributed by atoms with van der Waals surface area (Å²) >= 11 is 0. The maximum atomic E-state index is 6.53. The summed E-state index contributed by atoms with van der Waals surface area (Å²) in [5, 5.41) is 8.91. The molecule has 0 radical (unpaired) electrons. The summed E-state index contributed by atoms with van der Waals surface area (Å²) < 4.78 is 15.1. The van der Waals surface area contributed by atoms with Crippen LogP contribution in [-0.4, -0.2) is 19.5 Å². The van der Waals surface area contributed by atoms with Crippen molar-refractivity contribution >= 4 is 76.5 Å². The second kappa shape index (κ2) is 8.21. The average molecular weight is 577 g/mol. The van der Waals surface area contributed by atoms with Crippen molar-refractivity contribution < 1.29 is 8.83 Å². The highest BCUT2D eigenvalue weighted by atomic mass is 16.3. The van der Waals surface area contributed by atoms with Gasteiger partial charge in [0.05, 0.1) is 11.0 Å². The molecule has 0 aliphatic carbocycles. The molecule has 6 nitrogen and oxygen atoms in total. The second-order valence-corrected chi connectivity index (χ2v) is 11.6. The molecule has 0 saturated heterocycles. The molecule has 0 N–H and O–H groups in total. The van der Waals surface area contributed by atoms with E-state index >= 15 is 0 Å². The van der Waals surface area contributed by atoms with Gasteiger partial charge < -0.3 is 8.83 Å². The fourth-order valence-electron chi connectivity index (χ4n) is 7.37. The molecule has 11 aromatic rings. The van der Waals surface area contributed by atoms with E-state index < -0.39 is 0 Å². The molecule has 208 valence electrons. The van der Waals surface area contributed by atoms with Crippen molar-refractivity contribution in [2.75, 3.05) is 0 Å². The van der Waals surface area contributed by atoms with Gasteiger partial charge in [0.2, 0.25) is 5.95 Å². The SMILES string of the molecule is c1ccc(-c2nc(-c3ccccc3)nc(-n3c4cccc5c6cccc7oc8ccc9oc%10ccc3c(c%10c9c8c76)c54)n2)cc1. The summed E-state index contributed by atoms with van der Waals surface area (Å²) in [4.78, 5) is 15.2. The lowest BCUT2D eigenvalue weighted by Gasteiger charge is -2.11. The molecule has 0 unspecified atom stereocenters. The zero-order valence-electron chi connectivity index (χ0n) is 23.7. The molecule has 6 heteroatoms. The van der Waals surface area contributed by atoms with Gasteiger partial charge >= 0.3 is 0 Å². The van der Waals surface area contributed by atoms with Crippen molar-refractivity contribution in [3.05, 3.63) is 121 Å². The fraction of sp³-hybridized carbons (Fsp3) is 0. The topological polar surface area (TPSA) is 69.9 Å². The lowest BCUT2D eigenvalue weighted by atomic mass is 9.95. The van der Waals surface area contributed by atoms with E-state index in [1.807, 2.05) is 72.8 Å². The van der Waals surface area contributed by atoms with Crippen LogP contribution in [0.5, 0.6) is 0 Å². The maximum absolute atomic E-state index is 6.53. The summed E-state index contributed by atoms with van der Waals surface area (Å²) in [5.41, 5.74) is 7.31. The number of nitrogens with zero attached hydrogens (tertiary/aromatic N) is 4. The summed E-state index contributed by atoms with van der Waals surface area (Å²) in [6.07, 6.45) is 0. The number of furan rings is 2. The molecule has 0 atom stereocenters. The number of hydrogen-bond acceptors (Lipinski definition) is 5. The first-order valence-electron chi connectivity index (χ1n) is 15.0. The smallest absolute Gasteiger partial charge is 0.238 e. The van der Waals surface area contributed by atoms with Gasteiger partial charge in [-0.05, 0) is 47.2 Å². The van der Waals surface area contributed by atoms with Crippen LogP contribution in [0.15, 0.2) is 130 Å². The first-order chi connectivity index (χ1) is 22.3. The Hall–Kier alpha value is -6.27. The van der Waals surface area contributed by atoms with E-state index in [1.165, 1.54) is 0 Å². The molecule has 45 heavy (non-hydrogen) atoms. The molecule has 0 bridgehead atoms. The molecule has 0 spiro atoms. The highest BCUT2D eigenvalue weighted by Crippen LogP contribution is 2.49. The minimum atomic E-state index is 0.566. The van der Waals surface area contributed by atoms with Gasteiger partial charge in [-0.15, -0.1) is 0 Å². The molecule has 0 amide bonds. The van der Waals surface area contributed by atoms with Crippen LogP contribution in [0.25, 0.3) is 105 Å². The monoisotopic (exact) mass is 576 g/mol. The van der Waals surface area contributed by atoms with Gasteiger partial charge in [-0.3, -0.25) is 4.57 Å². The zero-order chi connectivity index (χ0) is 29.2. The second-order valence-electron chi connectivity index (χ2n) is 11.6. The summed E-state index contributed by atoms with van der Waals surface area (Å²) in [5.74, 6) is 1.81. The summed E-state index contributed by atoms with van der Waals surface area (Å²) in [6.45, 7) is 0. The Morgan fingerprint density at radius 1 is 0.378 bits per heavy atom. The third-order valence-corrected chi connectivity index (χ3v) is 9.19.